The summed E-state index contributed by atoms with van der Waals surface area (Å²) >= 11 is 0. The van der Waals surface area contributed by atoms with Crippen LogP contribution in [0.4, 0.5) is 9.59 Å². The number of carbonyl (C=O) groups excluding carboxylic acids is 4. The SMILES string of the molecule is CCCN(C(=O)NCc1ccc(OC)cc1)N1CC(=O)N2[C@@H](Cc3ccc(OC(=O)NCCN(C)C)cc3)C(=O)N(Cc3cccc4ccccc34)C[C@@H]21. The monoisotopic (exact) mass is 735 g/mol. The van der Waals surface area contributed by atoms with Gasteiger partial charge in [-0.2, -0.15) is 5.01 Å². The lowest BCUT2D eigenvalue weighted by atomic mass is 9.99. The first-order valence-corrected chi connectivity index (χ1v) is 18.4. The molecule has 13 heteroatoms. The normalized spacial score (nSPS) is 17.1. The molecule has 6 rings (SSSR count). The summed E-state index contributed by atoms with van der Waals surface area (Å²) < 4.78 is 10.7. The van der Waals surface area contributed by atoms with Gasteiger partial charge in [0.2, 0.25) is 11.8 Å². The third-order valence-electron chi connectivity index (χ3n) is 9.78. The summed E-state index contributed by atoms with van der Waals surface area (Å²) in [6.07, 6.45) is -0.209. The second-order valence-electron chi connectivity index (χ2n) is 13.8. The van der Waals surface area contributed by atoms with Crippen LogP contribution in [0.5, 0.6) is 11.5 Å². The molecule has 4 aromatic carbocycles. The van der Waals surface area contributed by atoms with Gasteiger partial charge in [0.1, 0.15) is 23.7 Å². The van der Waals surface area contributed by atoms with Gasteiger partial charge in [-0.3, -0.25) is 14.6 Å². The number of fused-ring (bicyclic) bond motifs is 2. The fourth-order valence-electron chi connectivity index (χ4n) is 7.04. The first kappa shape index (κ1) is 38.1. The first-order valence-electron chi connectivity index (χ1n) is 18.4. The Labute approximate surface area is 316 Å². The van der Waals surface area contributed by atoms with Crippen LogP contribution in [0.2, 0.25) is 0 Å². The molecule has 284 valence electrons. The number of likely N-dealkylation sites (N-methyl/N-ethyl adjacent to an activating group) is 1. The highest BCUT2D eigenvalue weighted by Gasteiger charge is 2.52. The maximum absolute atomic E-state index is 14.5. The van der Waals surface area contributed by atoms with Gasteiger partial charge in [-0.25, -0.2) is 9.59 Å². The molecule has 2 heterocycles. The molecule has 0 radical (unpaired) electrons. The largest absolute Gasteiger partial charge is 0.497 e. The smallest absolute Gasteiger partial charge is 0.412 e. The topological polar surface area (TPSA) is 127 Å². The van der Waals surface area contributed by atoms with Gasteiger partial charge in [-0.05, 0) is 72.2 Å². The van der Waals surface area contributed by atoms with Crippen LogP contribution in [0.15, 0.2) is 91.0 Å². The van der Waals surface area contributed by atoms with Crippen molar-refractivity contribution in [2.24, 2.45) is 0 Å². The van der Waals surface area contributed by atoms with E-state index in [-0.39, 0.29) is 37.4 Å². The molecule has 0 unspecified atom stereocenters. The number of urea groups is 1. The summed E-state index contributed by atoms with van der Waals surface area (Å²) in [6, 6.07) is 27.5. The number of rotatable bonds is 14. The quantitative estimate of drug-likeness (QED) is 0.195. The summed E-state index contributed by atoms with van der Waals surface area (Å²) in [5, 5.41) is 11.3. The zero-order chi connectivity index (χ0) is 38.2. The highest BCUT2D eigenvalue weighted by Crippen LogP contribution is 2.32. The van der Waals surface area contributed by atoms with E-state index < -0.39 is 18.3 Å². The van der Waals surface area contributed by atoms with Crippen molar-refractivity contribution in [3.05, 3.63) is 108 Å². The van der Waals surface area contributed by atoms with Crippen LogP contribution in [0.1, 0.15) is 30.0 Å². The molecular formula is C41H49N7O6. The molecule has 2 aliphatic rings. The van der Waals surface area contributed by atoms with Crippen molar-refractivity contribution < 1.29 is 28.7 Å². The van der Waals surface area contributed by atoms with E-state index in [0.717, 1.165) is 33.2 Å². The molecule has 5 amide bonds. The van der Waals surface area contributed by atoms with Crippen LogP contribution >= 0.6 is 0 Å². The standard InChI is InChI=1S/C41H49N7O6/c1-5-22-46(40(51)43-25-30-15-17-33(53-4)18-16-30)47-28-38(49)48-36(24-29-13-19-34(20-14-29)54-41(52)42-21-23-44(2)3)39(50)45(27-37(47)48)26-32-11-8-10-31-9-6-7-12-35(31)32/h6-20,36-37H,5,21-28H2,1-4H3,(H,42,52)(H,43,51)/t36-,37+/m0/s1. The lowest BCUT2D eigenvalue weighted by molar-refractivity contribution is -0.157. The highest BCUT2D eigenvalue weighted by atomic mass is 16.6. The second-order valence-corrected chi connectivity index (χ2v) is 13.8. The molecule has 13 nitrogen and oxygen atoms in total. The maximum Gasteiger partial charge on any atom is 0.412 e. The van der Waals surface area contributed by atoms with Gasteiger partial charge in [-0.15, -0.1) is 0 Å². The number of nitrogens with zero attached hydrogens (tertiary/aromatic N) is 5. The molecule has 0 aliphatic carbocycles. The van der Waals surface area contributed by atoms with Crippen LogP contribution in [0.25, 0.3) is 10.8 Å². The Balaban J connectivity index is 1.24. The van der Waals surface area contributed by atoms with Crippen molar-refractivity contribution in [3.63, 3.8) is 0 Å². The van der Waals surface area contributed by atoms with E-state index in [2.05, 4.69) is 16.7 Å². The lowest BCUT2D eigenvalue weighted by Crippen LogP contribution is -2.66. The van der Waals surface area contributed by atoms with Gasteiger partial charge in [0.25, 0.3) is 0 Å². The number of ether oxygens (including phenoxy) is 2. The van der Waals surface area contributed by atoms with E-state index in [9.17, 15) is 19.2 Å². The zero-order valence-electron chi connectivity index (χ0n) is 31.4. The molecule has 0 bridgehead atoms. The number of benzene rings is 4. The Morgan fingerprint density at radius 1 is 0.852 bits per heavy atom. The molecule has 2 saturated heterocycles. The van der Waals surface area contributed by atoms with Crippen molar-refractivity contribution >= 4 is 34.7 Å². The third-order valence-corrected chi connectivity index (χ3v) is 9.78. The van der Waals surface area contributed by atoms with Gasteiger partial charge in [0.05, 0.1) is 20.2 Å². The molecule has 2 N–H and O–H groups in total. The molecule has 0 spiro atoms. The van der Waals surface area contributed by atoms with Gasteiger partial charge in [-0.1, -0.05) is 73.7 Å². The van der Waals surface area contributed by atoms with Gasteiger partial charge in [0.15, 0.2) is 0 Å². The van der Waals surface area contributed by atoms with Gasteiger partial charge in [0, 0.05) is 39.1 Å². The molecular weight excluding hydrogens is 686 g/mol. The number of hydrogen-bond donors (Lipinski definition) is 2. The van der Waals surface area contributed by atoms with Crippen molar-refractivity contribution in [1.82, 2.24) is 35.4 Å². The minimum Gasteiger partial charge on any atom is -0.497 e. The van der Waals surface area contributed by atoms with E-state index in [1.165, 1.54) is 0 Å². The minimum absolute atomic E-state index is 0.0395. The fraction of sp³-hybridized carbons (Fsp3) is 0.366. The summed E-state index contributed by atoms with van der Waals surface area (Å²) in [7, 11) is 5.45. The van der Waals surface area contributed by atoms with Crippen LogP contribution < -0.4 is 20.1 Å². The van der Waals surface area contributed by atoms with Crippen molar-refractivity contribution in [2.75, 3.05) is 53.9 Å². The van der Waals surface area contributed by atoms with Crippen molar-refractivity contribution in [1.29, 1.82) is 0 Å². The van der Waals surface area contributed by atoms with E-state index in [1.54, 1.807) is 29.2 Å². The predicted molar refractivity (Wildman–Crippen MR) is 205 cm³/mol. The fourth-order valence-corrected chi connectivity index (χ4v) is 7.04. The minimum atomic E-state index is -0.817. The number of methoxy groups -OCH3 is 1. The molecule has 4 aromatic rings. The number of amides is 5. The molecule has 0 saturated carbocycles. The summed E-state index contributed by atoms with van der Waals surface area (Å²) in [4.78, 5) is 60.0. The van der Waals surface area contributed by atoms with E-state index in [4.69, 9.17) is 9.47 Å². The van der Waals surface area contributed by atoms with Crippen LogP contribution in [-0.2, 0) is 29.1 Å². The van der Waals surface area contributed by atoms with Gasteiger partial charge < -0.3 is 34.8 Å². The summed E-state index contributed by atoms with van der Waals surface area (Å²) in [5.74, 6) is 0.707. The number of nitrogens with one attached hydrogen (secondary N) is 2. The van der Waals surface area contributed by atoms with Gasteiger partial charge >= 0.3 is 12.1 Å². The Bertz CT molecular complexity index is 1930. The Kier molecular flexibility index (Phi) is 12.3. The maximum atomic E-state index is 14.5. The number of carbonyl (C=O) groups is 4. The van der Waals surface area contributed by atoms with E-state index >= 15 is 0 Å². The van der Waals surface area contributed by atoms with Crippen molar-refractivity contribution in [2.45, 2.75) is 45.1 Å². The molecule has 2 aliphatic heterocycles. The zero-order valence-corrected chi connectivity index (χ0v) is 31.4. The van der Waals surface area contributed by atoms with E-state index in [1.807, 2.05) is 109 Å². The predicted octanol–water partition coefficient (Wildman–Crippen LogP) is 4.46. The molecule has 0 aromatic heterocycles. The molecule has 2 atom stereocenters. The summed E-state index contributed by atoms with van der Waals surface area (Å²) in [5.41, 5.74) is 2.71. The lowest BCUT2D eigenvalue weighted by Gasteiger charge is -2.46. The van der Waals surface area contributed by atoms with Crippen LogP contribution in [0.3, 0.4) is 0 Å². The average molecular weight is 736 g/mol. The van der Waals surface area contributed by atoms with Crippen molar-refractivity contribution in [3.8, 4) is 11.5 Å². The molecule has 2 fully saturated rings. The van der Waals surface area contributed by atoms with E-state index in [0.29, 0.717) is 44.9 Å². The highest BCUT2D eigenvalue weighted by molar-refractivity contribution is 5.92. The number of piperazine rings is 1. The van der Waals surface area contributed by atoms with Crippen LogP contribution in [0, 0.1) is 0 Å². The summed E-state index contributed by atoms with van der Waals surface area (Å²) in [6.45, 7) is 4.33. The third kappa shape index (κ3) is 8.92. The Morgan fingerprint density at radius 2 is 1.56 bits per heavy atom. The molecule has 54 heavy (non-hydrogen) atoms. The average Bonchev–Trinajstić information content (AvgIpc) is 3.50. The number of hydrogen-bond acceptors (Lipinski definition) is 8. The Morgan fingerprint density at radius 3 is 2.28 bits per heavy atom. The second kappa shape index (κ2) is 17.4. The van der Waals surface area contributed by atoms with Crippen LogP contribution in [-0.4, -0.2) is 115 Å². The first-order chi connectivity index (χ1) is 26.1. The Hall–Kier alpha value is -5.66. The number of hydrazine groups is 1.